The van der Waals surface area contributed by atoms with Crippen LogP contribution >= 0.6 is 0 Å². The van der Waals surface area contributed by atoms with Gasteiger partial charge in [-0.05, 0) is 17.5 Å². The van der Waals surface area contributed by atoms with E-state index < -0.39 is 10.0 Å². The first-order valence-electron chi connectivity index (χ1n) is 9.75. The molecular formula is C21H30N3O3S+. The Morgan fingerprint density at radius 1 is 1.11 bits per heavy atom. The molecule has 28 heavy (non-hydrogen) atoms. The van der Waals surface area contributed by atoms with Crippen LogP contribution in [0, 0.1) is 0 Å². The average molecular weight is 405 g/mol. The van der Waals surface area contributed by atoms with Gasteiger partial charge in [-0.2, -0.15) is 0 Å². The molecule has 1 atom stereocenters. The highest BCUT2D eigenvalue weighted by atomic mass is 32.2. The quantitative estimate of drug-likeness (QED) is 0.724. The third-order valence-corrected chi connectivity index (χ3v) is 7.14. The summed E-state index contributed by atoms with van der Waals surface area (Å²) in [5, 5.41) is 0. The molecule has 0 amide bonds. The summed E-state index contributed by atoms with van der Waals surface area (Å²) in [6.07, 6.45) is 3.76. The molecule has 6 nitrogen and oxygen atoms in total. The number of nitrogens with one attached hydrogen (secondary N) is 1. The minimum atomic E-state index is -3.56. The van der Waals surface area contributed by atoms with Crippen LogP contribution in [0.2, 0.25) is 0 Å². The summed E-state index contributed by atoms with van der Waals surface area (Å²) in [7, 11) is -0.577. The predicted molar refractivity (Wildman–Crippen MR) is 110 cm³/mol. The molecule has 7 heteroatoms. The molecule has 3 rings (SSSR count). The Hall–Kier alpha value is -1.96. The molecule has 1 aromatic heterocycles. The van der Waals surface area contributed by atoms with Gasteiger partial charge in [0.1, 0.15) is 6.54 Å². The number of quaternary nitrogens is 1. The fraction of sp³-hybridized carbons (Fsp3) is 0.476. The first kappa shape index (κ1) is 20.8. The lowest BCUT2D eigenvalue weighted by molar-refractivity contribution is -0.947. The first-order valence-corrected chi connectivity index (χ1v) is 11.2. The third-order valence-electron chi connectivity index (χ3n) is 5.34. The van der Waals surface area contributed by atoms with Crippen molar-refractivity contribution in [3.8, 4) is 0 Å². The molecule has 1 unspecified atom stereocenters. The van der Waals surface area contributed by atoms with E-state index in [-0.39, 0.29) is 10.5 Å². The molecular weight excluding hydrogens is 374 g/mol. The van der Waals surface area contributed by atoms with E-state index in [1.54, 1.807) is 0 Å². The third kappa shape index (κ3) is 4.71. The van der Waals surface area contributed by atoms with Crippen LogP contribution in [0.4, 0.5) is 0 Å². The van der Waals surface area contributed by atoms with Crippen molar-refractivity contribution in [1.29, 1.82) is 0 Å². The van der Waals surface area contributed by atoms with Crippen LogP contribution < -0.4 is 10.5 Å². The zero-order chi connectivity index (χ0) is 20.5. The molecule has 1 aromatic carbocycles. The summed E-state index contributed by atoms with van der Waals surface area (Å²) in [4.78, 5) is 13.8. The van der Waals surface area contributed by atoms with Crippen LogP contribution in [0.25, 0.3) is 0 Å². The van der Waals surface area contributed by atoms with Gasteiger partial charge in [0.15, 0.2) is 6.67 Å². The SMILES string of the molecule is CC(C)c1ccc(C[NH+](Cn2cc(S(=O)(=O)N(C)C)ccc2=O)C2CC2)cc1. The van der Waals surface area contributed by atoms with Crippen molar-refractivity contribution < 1.29 is 13.3 Å². The predicted octanol–water partition coefficient (Wildman–Crippen LogP) is 1.43. The van der Waals surface area contributed by atoms with Crippen LogP contribution in [0.3, 0.4) is 0 Å². The summed E-state index contributed by atoms with van der Waals surface area (Å²) < 4.78 is 27.5. The summed E-state index contributed by atoms with van der Waals surface area (Å²) >= 11 is 0. The van der Waals surface area contributed by atoms with Gasteiger partial charge in [-0.15, -0.1) is 0 Å². The lowest BCUT2D eigenvalue weighted by Gasteiger charge is -2.21. The van der Waals surface area contributed by atoms with Crippen molar-refractivity contribution in [2.75, 3.05) is 14.1 Å². The Balaban J connectivity index is 1.82. The summed E-state index contributed by atoms with van der Waals surface area (Å²) in [6.45, 7) is 5.64. The van der Waals surface area contributed by atoms with Crippen LogP contribution in [-0.2, 0) is 23.2 Å². The van der Waals surface area contributed by atoms with Crippen LogP contribution in [-0.4, -0.2) is 37.4 Å². The van der Waals surface area contributed by atoms with Crippen molar-refractivity contribution in [2.45, 2.75) is 56.8 Å². The maximum absolute atomic E-state index is 12.4. The van der Waals surface area contributed by atoms with E-state index in [0.717, 1.165) is 19.4 Å². The molecule has 1 aliphatic carbocycles. The maximum atomic E-state index is 12.4. The summed E-state index contributed by atoms with van der Waals surface area (Å²) in [6, 6.07) is 11.9. The zero-order valence-electron chi connectivity index (χ0n) is 17.1. The number of pyridine rings is 1. The Morgan fingerprint density at radius 3 is 2.29 bits per heavy atom. The van der Waals surface area contributed by atoms with Crippen molar-refractivity contribution in [2.24, 2.45) is 0 Å². The van der Waals surface area contributed by atoms with E-state index in [0.29, 0.717) is 18.6 Å². The number of rotatable bonds is 8. The monoisotopic (exact) mass is 404 g/mol. The van der Waals surface area contributed by atoms with Gasteiger partial charge in [-0.25, -0.2) is 12.7 Å². The molecule has 0 bridgehead atoms. The first-order chi connectivity index (χ1) is 13.2. The molecule has 0 radical (unpaired) electrons. The number of nitrogens with zero attached hydrogens (tertiary/aromatic N) is 2. The molecule has 1 aliphatic rings. The van der Waals surface area contributed by atoms with Gasteiger partial charge in [-0.1, -0.05) is 38.1 Å². The lowest BCUT2D eigenvalue weighted by atomic mass is 10.0. The number of aromatic nitrogens is 1. The van der Waals surface area contributed by atoms with E-state index in [1.807, 2.05) is 0 Å². The van der Waals surface area contributed by atoms with E-state index in [1.165, 1.54) is 57.3 Å². The van der Waals surface area contributed by atoms with Crippen molar-refractivity contribution in [1.82, 2.24) is 8.87 Å². The second-order valence-electron chi connectivity index (χ2n) is 8.12. The van der Waals surface area contributed by atoms with Gasteiger partial charge in [0.25, 0.3) is 5.56 Å². The number of hydrogen-bond acceptors (Lipinski definition) is 3. The van der Waals surface area contributed by atoms with Gasteiger partial charge in [0, 0.05) is 44.8 Å². The normalized spacial score (nSPS) is 15.9. The molecule has 0 saturated heterocycles. The van der Waals surface area contributed by atoms with E-state index in [4.69, 9.17) is 0 Å². The summed E-state index contributed by atoms with van der Waals surface area (Å²) in [5.74, 6) is 0.501. The highest BCUT2D eigenvalue weighted by molar-refractivity contribution is 7.89. The minimum absolute atomic E-state index is 0.147. The van der Waals surface area contributed by atoms with Crippen LogP contribution in [0.15, 0.2) is 52.3 Å². The number of sulfonamides is 1. The molecule has 0 spiro atoms. The molecule has 1 fully saturated rings. The highest BCUT2D eigenvalue weighted by Crippen LogP contribution is 2.18. The van der Waals surface area contributed by atoms with Gasteiger partial charge in [-0.3, -0.25) is 9.36 Å². The molecule has 1 N–H and O–H groups in total. The van der Waals surface area contributed by atoms with E-state index in [2.05, 4.69) is 38.1 Å². The van der Waals surface area contributed by atoms with Gasteiger partial charge in [0.05, 0.1) is 10.9 Å². The number of benzene rings is 1. The van der Waals surface area contributed by atoms with Crippen LogP contribution in [0.5, 0.6) is 0 Å². The molecule has 1 saturated carbocycles. The fourth-order valence-electron chi connectivity index (χ4n) is 3.32. The second-order valence-corrected chi connectivity index (χ2v) is 10.3. The van der Waals surface area contributed by atoms with Gasteiger partial charge < -0.3 is 4.90 Å². The average Bonchev–Trinajstić information content (AvgIpc) is 3.48. The van der Waals surface area contributed by atoms with Crippen molar-refractivity contribution >= 4 is 10.0 Å². The Bertz CT molecular complexity index is 975. The molecule has 0 aliphatic heterocycles. The fourth-order valence-corrected chi connectivity index (χ4v) is 4.24. The lowest BCUT2D eigenvalue weighted by Crippen LogP contribution is -3.11. The highest BCUT2D eigenvalue weighted by Gasteiger charge is 2.33. The van der Waals surface area contributed by atoms with Crippen LogP contribution in [0.1, 0.15) is 43.7 Å². The standard InChI is InChI=1S/C21H29N3O3S/c1-16(2)18-7-5-17(6-8-18)13-23(19-9-10-19)15-24-14-20(11-12-21(24)25)28(26,27)22(3)4/h5-8,11-12,14,16,19H,9-10,13,15H2,1-4H3/p+1. The smallest absolute Gasteiger partial charge is 0.254 e. The largest absolute Gasteiger partial charge is 0.311 e. The summed E-state index contributed by atoms with van der Waals surface area (Å²) in [5.41, 5.74) is 2.37. The molecule has 2 aromatic rings. The maximum Gasteiger partial charge on any atom is 0.254 e. The second kappa shape index (κ2) is 8.19. The number of hydrogen-bond donors (Lipinski definition) is 1. The Kier molecular flexibility index (Phi) is 6.07. The topological polar surface area (TPSA) is 63.8 Å². The minimum Gasteiger partial charge on any atom is -0.311 e. The van der Waals surface area contributed by atoms with Gasteiger partial charge >= 0.3 is 0 Å². The molecule has 1 heterocycles. The Morgan fingerprint density at radius 2 is 1.75 bits per heavy atom. The van der Waals surface area contributed by atoms with Crippen molar-refractivity contribution in [3.63, 3.8) is 0 Å². The van der Waals surface area contributed by atoms with E-state index in [9.17, 15) is 13.2 Å². The Labute approximate surface area is 167 Å². The van der Waals surface area contributed by atoms with Crippen molar-refractivity contribution in [3.05, 3.63) is 64.1 Å². The molecule has 152 valence electrons. The van der Waals surface area contributed by atoms with Gasteiger partial charge in [0.2, 0.25) is 10.0 Å². The van der Waals surface area contributed by atoms with E-state index >= 15 is 0 Å². The zero-order valence-corrected chi connectivity index (χ0v) is 17.9.